The summed E-state index contributed by atoms with van der Waals surface area (Å²) in [4.78, 5) is 0. The second-order valence-corrected chi connectivity index (χ2v) is 8.43. The highest BCUT2D eigenvalue weighted by atomic mass is 32.2. The number of thiocarbonyl (C=S) groups is 1. The van der Waals surface area contributed by atoms with Crippen LogP contribution in [0.4, 0.5) is 0 Å². The van der Waals surface area contributed by atoms with E-state index in [1.54, 1.807) is 11.8 Å². The van der Waals surface area contributed by atoms with Crippen molar-refractivity contribution in [1.82, 2.24) is 0 Å². The van der Waals surface area contributed by atoms with E-state index in [2.05, 4.69) is 103 Å². The molecule has 0 heterocycles. The topological polar surface area (TPSA) is 0 Å². The molecule has 0 amide bonds. The van der Waals surface area contributed by atoms with Gasteiger partial charge < -0.3 is 0 Å². The molecular formula is C26H20S2. The predicted octanol–water partition coefficient (Wildman–Crippen LogP) is 7.09. The number of benzene rings is 4. The minimum Gasteiger partial charge on any atom is -0.0925 e. The van der Waals surface area contributed by atoms with Crippen LogP contribution in [0.25, 0.3) is 0 Å². The fourth-order valence-corrected chi connectivity index (χ4v) is 5.27. The first-order valence-corrected chi connectivity index (χ1v) is 10.5. The van der Waals surface area contributed by atoms with Gasteiger partial charge in [-0.2, -0.15) is 0 Å². The number of rotatable bonds is 5. The molecule has 0 aromatic heterocycles. The Kier molecular flexibility index (Phi) is 5.70. The van der Waals surface area contributed by atoms with Crippen LogP contribution < -0.4 is 0 Å². The number of hydrogen-bond donors (Lipinski definition) is 0. The summed E-state index contributed by atoms with van der Waals surface area (Å²) in [6.45, 7) is 0. The molecule has 4 rings (SSSR count). The zero-order valence-electron chi connectivity index (χ0n) is 15.4. The molecule has 4 aromatic rings. The Morgan fingerprint density at radius 3 is 1.18 bits per heavy atom. The van der Waals surface area contributed by atoms with Crippen molar-refractivity contribution < 1.29 is 0 Å². The minimum atomic E-state index is -0.420. The molecular weight excluding hydrogens is 376 g/mol. The summed E-state index contributed by atoms with van der Waals surface area (Å²) in [5.74, 6) is 0. The third-order valence-corrected chi connectivity index (χ3v) is 6.72. The van der Waals surface area contributed by atoms with E-state index in [-0.39, 0.29) is 0 Å². The van der Waals surface area contributed by atoms with Crippen molar-refractivity contribution in [3.63, 3.8) is 0 Å². The Bertz CT molecular complexity index is 930. The standard InChI is InChI=1S/C26H20S2/c27-25(21-13-5-1-6-14-21)28-26(22-15-7-2-8-16-22,23-17-9-3-10-18-23)24-19-11-4-12-20-24/h1-20H. The van der Waals surface area contributed by atoms with Crippen molar-refractivity contribution in [3.05, 3.63) is 144 Å². The summed E-state index contributed by atoms with van der Waals surface area (Å²) in [5.41, 5.74) is 4.73. The van der Waals surface area contributed by atoms with E-state index in [0.29, 0.717) is 0 Å². The second-order valence-electron chi connectivity index (χ2n) is 6.53. The molecule has 0 bridgehead atoms. The van der Waals surface area contributed by atoms with E-state index in [1.807, 2.05) is 18.2 Å². The summed E-state index contributed by atoms with van der Waals surface area (Å²) in [5, 5.41) is 0. The maximum absolute atomic E-state index is 5.93. The van der Waals surface area contributed by atoms with E-state index < -0.39 is 4.75 Å². The van der Waals surface area contributed by atoms with Gasteiger partial charge in [0.25, 0.3) is 0 Å². The van der Waals surface area contributed by atoms with Crippen LogP contribution in [0.3, 0.4) is 0 Å². The highest BCUT2D eigenvalue weighted by molar-refractivity contribution is 8.24. The van der Waals surface area contributed by atoms with Gasteiger partial charge in [0.15, 0.2) is 0 Å². The van der Waals surface area contributed by atoms with Crippen LogP contribution in [0.1, 0.15) is 22.3 Å². The lowest BCUT2D eigenvalue weighted by Gasteiger charge is -2.35. The molecule has 0 saturated heterocycles. The lowest BCUT2D eigenvalue weighted by atomic mass is 9.84. The van der Waals surface area contributed by atoms with Crippen molar-refractivity contribution in [2.45, 2.75) is 4.75 Å². The van der Waals surface area contributed by atoms with Crippen LogP contribution in [0.15, 0.2) is 121 Å². The second kappa shape index (κ2) is 8.55. The average molecular weight is 397 g/mol. The Morgan fingerprint density at radius 1 is 0.500 bits per heavy atom. The molecule has 2 heteroatoms. The van der Waals surface area contributed by atoms with Crippen LogP contribution in [-0.4, -0.2) is 4.20 Å². The van der Waals surface area contributed by atoms with Gasteiger partial charge in [0.05, 0.1) is 8.94 Å². The summed E-state index contributed by atoms with van der Waals surface area (Å²) in [6, 6.07) is 42.2. The van der Waals surface area contributed by atoms with Crippen LogP contribution in [-0.2, 0) is 4.75 Å². The molecule has 0 aliphatic heterocycles. The van der Waals surface area contributed by atoms with Gasteiger partial charge in [0, 0.05) is 0 Å². The molecule has 0 N–H and O–H groups in total. The van der Waals surface area contributed by atoms with Gasteiger partial charge in [-0.25, -0.2) is 0 Å². The molecule has 28 heavy (non-hydrogen) atoms. The molecule has 0 nitrogen and oxygen atoms in total. The SMILES string of the molecule is S=C(SC(c1ccccc1)(c1ccccc1)c1ccccc1)c1ccccc1. The Labute approximate surface area is 176 Å². The third-order valence-electron chi connectivity index (χ3n) is 4.80. The lowest BCUT2D eigenvalue weighted by molar-refractivity contribution is 0.901. The van der Waals surface area contributed by atoms with Crippen molar-refractivity contribution in [1.29, 1.82) is 0 Å². The molecule has 0 radical (unpaired) electrons. The van der Waals surface area contributed by atoms with E-state index >= 15 is 0 Å². The zero-order chi connectivity index (χ0) is 19.2. The van der Waals surface area contributed by atoms with Crippen LogP contribution >= 0.6 is 24.0 Å². The van der Waals surface area contributed by atoms with E-state index in [9.17, 15) is 0 Å². The van der Waals surface area contributed by atoms with Crippen LogP contribution in [0, 0.1) is 0 Å². The lowest BCUT2D eigenvalue weighted by Crippen LogP contribution is -2.27. The summed E-state index contributed by atoms with van der Waals surface area (Å²) >= 11 is 7.67. The molecule has 0 atom stereocenters. The fourth-order valence-electron chi connectivity index (χ4n) is 3.47. The van der Waals surface area contributed by atoms with E-state index in [4.69, 9.17) is 12.2 Å². The molecule has 0 aliphatic rings. The summed E-state index contributed by atoms with van der Waals surface area (Å²) in [7, 11) is 0. The first kappa shape index (κ1) is 18.7. The molecule has 0 unspecified atom stereocenters. The monoisotopic (exact) mass is 396 g/mol. The number of hydrogen-bond acceptors (Lipinski definition) is 2. The largest absolute Gasteiger partial charge is 0.0962 e. The van der Waals surface area contributed by atoms with Crippen LogP contribution in [0.2, 0.25) is 0 Å². The zero-order valence-corrected chi connectivity index (χ0v) is 17.0. The maximum atomic E-state index is 5.93. The molecule has 136 valence electrons. The quantitative estimate of drug-likeness (QED) is 0.261. The smallest absolute Gasteiger partial charge is 0.0925 e. The van der Waals surface area contributed by atoms with Gasteiger partial charge in [-0.3, -0.25) is 0 Å². The molecule has 4 aromatic carbocycles. The van der Waals surface area contributed by atoms with Crippen LogP contribution in [0.5, 0.6) is 0 Å². The predicted molar refractivity (Wildman–Crippen MR) is 125 cm³/mol. The van der Waals surface area contributed by atoms with Gasteiger partial charge in [0.1, 0.15) is 0 Å². The van der Waals surface area contributed by atoms with Gasteiger partial charge in [-0.05, 0) is 22.3 Å². The Hall–Kier alpha value is -2.68. The normalized spacial score (nSPS) is 11.1. The molecule has 0 fully saturated rings. The maximum Gasteiger partial charge on any atom is 0.0962 e. The summed E-state index contributed by atoms with van der Waals surface area (Å²) in [6.07, 6.45) is 0. The van der Waals surface area contributed by atoms with Crippen molar-refractivity contribution in [2.24, 2.45) is 0 Å². The molecule has 0 aliphatic carbocycles. The fraction of sp³-hybridized carbons (Fsp3) is 0.0385. The Morgan fingerprint density at radius 2 is 0.821 bits per heavy atom. The van der Waals surface area contributed by atoms with Crippen molar-refractivity contribution in [2.75, 3.05) is 0 Å². The number of thioether (sulfide) groups is 1. The first-order valence-electron chi connectivity index (χ1n) is 9.26. The van der Waals surface area contributed by atoms with Crippen molar-refractivity contribution >= 4 is 28.2 Å². The molecule has 0 spiro atoms. The highest BCUT2D eigenvalue weighted by Crippen LogP contribution is 2.49. The van der Waals surface area contributed by atoms with Gasteiger partial charge in [-0.1, -0.05) is 145 Å². The minimum absolute atomic E-state index is 0.420. The summed E-state index contributed by atoms with van der Waals surface area (Å²) < 4.78 is 0.466. The molecule has 0 saturated carbocycles. The van der Waals surface area contributed by atoms with E-state index in [0.717, 1.165) is 9.76 Å². The van der Waals surface area contributed by atoms with Gasteiger partial charge >= 0.3 is 0 Å². The van der Waals surface area contributed by atoms with Gasteiger partial charge in [-0.15, -0.1) is 0 Å². The van der Waals surface area contributed by atoms with Gasteiger partial charge in [0.2, 0.25) is 0 Å². The Balaban J connectivity index is 1.95. The third kappa shape index (κ3) is 3.66. The van der Waals surface area contributed by atoms with Crippen molar-refractivity contribution in [3.8, 4) is 0 Å². The van der Waals surface area contributed by atoms with E-state index in [1.165, 1.54) is 16.7 Å². The highest BCUT2D eigenvalue weighted by Gasteiger charge is 2.38. The first-order chi connectivity index (χ1) is 13.8. The average Bonchev–Trinajstić information content (AvgIpc) is 2.80.